The first-order chi connectivity index (χ1) is 13.1. The van der Waals surface area contributed by atoms with E-state index in [1.807, 2.05) is 11.1 Å². The first kappa shape index (κ1) is 20.4. The van der Waals surface area contributed by atoms with Crippen LogP contribution in [0.15, 0.2) is 22.8 Å². The molecule has 0 heterocycles. The molecule has 0 aromatic heterocycles. The van der Waals surface area contributed by atoms with Gasteiger partial charge < -0.3 is 0 Å². The second kappa shape index (κ2) is 6.85. The first-order valence-electron chi connectivity index (χ1n) is 12.0. The van der Waals surface area contributed by atoms with Gasteiger partial charge in [-0.2, -0.15) is 0 Å². The standard InChI is InChI=1S/C27H42O/c1-18(2)7-8-19(3)22-9-10-23-21-12-14-25(4)17-20(28)11-16-27(25,6)24(21)13-15-26(22,23)5/h7,19,22,24H,8-17H2,1-6H3/t19-,22-,24+,25-,26-,27-/m1/s1. The van der Waals surface area contributed by atoms with Gasteiger partial charge in [0.25, 0.3) is 0 Å². The highest BCUT2D eigenvalue weighted by atomic mass is 16.1. The Kier molecular flexibility index (Phi) is 4.99. The van der Waals surface area contributed by atoms with Crippen LogP contribution < -0.4 is 0 Å². The Labute approximate surface area is 173 Å². The average molecular weight is 383 g/mol. The summed E-state index contributed by atoms with van der Waals surface area (Å²) in [6, 6.07) is 0. The van der Waals surface area contributed by atoms with Gasteiger partial charge in [0.1, 0.15) is 5.78 Å². The molecule has 3 fully saturated rings. The maximum atomic E-state index is 12.3. The fourth-order valence-electron chi connectivity index (χ4n) is 8.15. The minimum absolute atomic E-state index is 0.236. The zero-order chi connectivity index (χ0) is 20.3. The third-order valence-electron chi connectivity index (χ3n) is 10.2. The van der Waals surface area contributed by atoms with Gasteiger partial charge >= 0.3 is 0 Å². The van der Waals surface area contributed by atoms with E-state index in [0.717, 1.165) is 37.0 Å². The third-order valence-corrected chi connectivity index (χ3v) is 10.2. The predicted octanol–water partition coefficient (Wildman–Crippen LogP) is 7.66. The van der Waals surface area contributed by atoms with E-state index in [9.17, 15) is 4.79 Å². The lowest BCUT2D eigenvalue weighted by molar-refractivity contribution is -0.136. The van der Waals surface area contributed by atoms with E-state index in [4.69, 9.17) is 0 Å². The molecule has 0 bridgehead atoms. The van der Waals surface area contributed by atoms with Crippen LogP contribution in [-0.2, 0) is 4.79 Å². The average Bonchev–Trinajstić information content (AvgIpc) is 2.98. The SMILES string of the molecule is CC(C)=CC[C@@H](C)[C@H]1CCC2=C3CC[C@]4(C)CC(=O)CC[C@]4(C)[C@H]3CC[C@@]21C. The molecule has 0 aromatic rings. The number of hydrogen-bond donors (Lipinski definition) is 0. The van der Waals surface area contributed by atoms with E-state index in [0.29, 0.717) is 16.6 Å². The topological polar surface area (TPSA) is 17.1 Å². The third kappa shape index (κ3) is 2.90. The zero-order valence-electron chi connectivity index (χ0n) is 19.3. The van der Waals surface area contributed by atoms with Gasteiger partial charge in [0.05, 0.1) is 0 Å². The number of allylic oxidation sites excluding steroid dienone is 4. The molecule has 4 aliphatic carbocycles. The van der Waals surface area contributed by atoms with E-state index in [2.05, 4.69) is 47.6 Å². The summed E-state index contributed by atoms with van der Waals surface area (Å²) in [7, 11) is 0. The lowest BCUT2D eigenvalue weighted by Gasteiger charge is -2.61. The second-order valence-corrected chi connectivity index (χ2v) is 11.8. The monoisotopic (exact) mass is 382 g/mol. The van der Waals surface area contributed by atoms with Gasteiger partial charge in [0, 0.05) is 12.8 Å². The summed E-state index contributed by atoms with van der Waals surface area (Å²) in [5.41, 5.74) is 6.21. The summed E-state index contributed by atoms with van der Waals surface area (Å²) >= 11 is 0. The Balaban J connectivity index is 1.65. The van der Waals surface area contributed by atoms with Crippen molar-refractivity contribution >= 4 is 5.78 Å². The highest BCUT2D eigenvalue weighted by Crippen LogP contribution is 2.68. The fourth-order valence-corrected chi connectivity index (χ4v) is 8.15. The Morgan fingerprint density at radius 3 is 2.54 bits per heavy atom. The summed E-state index contributed by atoms with van der Waals surface area (Å²) in [5, 5.41) is 0. The van der Waals surface area contributed by atoms with E-state index >= 15 is 0 Å². The maximum Gasteiger partial charge on any atom is 0.133 e. The van der Waals surface area contributed by atoms with Crippen molar-refractivity contribution in [3.8, 4) is 0 Å². The van der Waals surface area contributed by atoms with Crippen molar-refractivity contribution in [2.24, 2.45) is 34.0 Å². The van der Waals surface area contributed by atoms with Gasteiger partial charge in [-0.25, -0.2) is 0 Å². The molecule has 156 valence electrons. The lowest BCUT2D eigenvalue weighted by Crippen LogP contribution is -2.53. The molecule has 0 spiro atoms. The second-order valence-electron chi connectivity index (χ2n) is 11.8. The normalized spacial score (nSPS) is 43.9. The molecular weight excluding hydrogens is 340 g/mol. The molecule has 0 N–H and O–H groups in total. The van der Waals surface area contributed by atoms with Crippen molar-refractivity contribution in [3.63, 3.8) is 0 Å². The Hall–Kier alpha value is -0.850. The van der Waals surface area contributed by atoms with E-state index in [1.54, 1.807) is 0 Å². The molecule has 0 amide bonds. The molecule has 4 rings (SSSR count). The minimum atomic E-state index is 0.236. The van der Waals surface area contributed by atoms with Crippen LogP contribution in [0.3, 0.4) is 0 Å². The fraction of sp³-hybridized carbons (Fsp3) is 0.815. The molecule has 4 aliphatic rings. The van der Waals surface area contributed by atoms with E-state index in [-0.39, 0.29) is 5.41 Å². The van der Waals surface area contributed by atoms with Crippen molar-refractivity contribution < 1.29 is 4.79 Å². The molecule has 0 unspecified atom stereocenters. The number of fused-ring (bicyclic) bond motifs is 4. The number of carbonyl (C=O) groups excluding carboxylic acids is 1. The van der Waals surface area contributed by atoms with Gasteiger partial charge in [0.2, 0.25) is 0 Å². The lowest BCUT2D eigenvalue weighted by atomic mass is 9.43. The summed E-state index contributed by atoms with van der Waals surface area (Å²) in [5.74, 6) is 2.90. The van der Waals surface area contributed by atoms with Gasteiger partial charge in [-0.1, -0.05) is 50.5 Å². The van der Waals surface area contributed by atoms with Crippen molar-refractivity contribution in [2.75, 3.05) is 0 Å². The molecule has 0 aliphatic heterocycles. The molecule has 0 saturated heterocycles. The molecule has 3 saturated carbocycles. The van der Waals surface area contributed by atoms with Gasteiger partial charge in [-0.05, 0) is 99.2 Å². The van der Waals surface area contributed by atoms with Crippen LogP contribution in [0.2, 0.25) is 0 Å². The highest BCUT2D eigenvalue weighted by molar-refractivity contribution is 5.80. The van der Waals surface area contributed by atoms with Crippen molar-refractivity contribution in [2.45, 2.75) is 106 Å². The number of hydrogen-bond acceptors (Lipinski definition) is 1. The molecule has 0 radical (unpaired) electrons. The summed E-state index contributed by atoms with van der Waals surface area (Å²) in [6.07, 6.45) is 14.5. The van der Waals surface area contributed by atoms with Crippen LogP contribution in [-0.4, -0.2) is 5.78 Å². The van der Waals surface area contributed by atoms with Crippen molar-refractivity contribution in [1.29, 1.82) is 0 Å². The summed E-state index contributed by atoms with van der Waals surface area (Å²) < 4.78 is 0. The number of rotatable bonds is 3. The highest BCUT2D eigenvalue weighted by Gasteiger charge is 2.59. The molecule has 0 aromatic carbocycles. The minimum Gasteiger partial charge on any atom is -0.300 e. The quantitative estimate of drug-likeness (QED) is 0.458. The van der Waals surface area contributed by atoms with Crippen molar-refractivity contribution in [1.82, 2.24) is 0 Å². The Morgan fingerprint density at radius 2 is 1.82 bits per heavy atom. The van der Waals surface area contributed by atoms with E-state index in [1.165, 1.54) is 50.5 Å². The van der Waals surface area contributed by atoms with Crippen LogP contribution in [0.4, 0.5) is 0 Å². The van der Waals surface area contributed by atoms with Crippen LogP contribution >= 0.6 is 0 Å². The number of Topliss-reactive ketones (excluding diaryl/α,β-unsaturated/α-hetero) is 1. The van der Waals surface area contributed by atoms with Gasteiger partial charge in [-0.3, -0.25) is 4.79 Å². The molecule has 6 atom stereocenters. The van der Waals surface area contributed by atoms with Crippen LogP contribution in [0.5, 0.6) is 0 Å². The van der Waals surface area contributed by atoms with Crippen LogP contribution in [0, 0.1) is 34.0 Å². The first-order valence-corrected chi connectivity index (χ1v) is 12.0. The van der Waals surface area contributed by atoms with Gasteiger partial charge in [0.15, 0.2) is 0 Å². The molecular formula is C27H42O. The van der Waals surface area contributed by atoms with Crippen molar-refractivity contribution in [3.05, 3.63) is 22.8 Å². The zero-order valence-corrected chi connectivity index (χ0v) is 19.3. The summed E-state index contributed by atoms with van der Waals surface area (Å²) in [4.78, 5) is 12.3. The maximum absolute atomic E-state index is 12.3. The van der Waals surface area contributed by atoms with Crippen LogP contribution in [0.1, 0.15) is 106 Å². The smallest absolute Gasteiger partial charge is 0.133 e. The Bertz CT molecular complexity index is 723. The predicted molar refractivity (Wildman–Crippen MR) is 118 cm³/mol. The molecule has 1 heteroatoms. The number of carbonyl (C=O) groups is 1. The van der Waals surface area contributed by atoms with Crippen LogP contribution in [0.25, 0.3) is 0 Å². The Morgan fingerprint density at radius 1 is 1.07 bits per heavy atom. The number of ketones is 1. The molecule has 28 heavy (non-hydrogen) atoms. The summed E-state index contributed by atoms with van der Waals surface area (Å²) in [6.45, 7) is 14.6. The van der Waals surface area contributed by atoms with E-state index < -0.39 is 0 Å². The van der Waals surface area contributed by atoms with Gasteiger partial charge in [-0.15, -0.1) is 0 Å². The largest absolute Gasteiger partial charge is 0.300 e. The molecule has 1 nitrogen and oxygen atoms in total.